The number of hydrogen-bond acceptors (Lipinski definition) is 8. The van der Waals surface area contributed by atoms with E-state index in [0.717, 1.165) is 5.56 Å². The molecular formula is C17H24O8. The Bertz CT molecular complexity index is 574. The van der Waals surface area contributed by atoms with Gasteiger partial charge in [-0.05, 0) is 17.7 Å². The van der Waals surface area contributed by atoms with E-state index in [-0.39, 0.29) is 6.61 Å². The molecule has 1 aromatic rings. The lowest BCUT2D eigenvalue weighted by Crippen LogP contribution is -2.59. The van der Waals surface area contributed by atoms with Crippen LogP contribution in [0.2, 0.25) is 0 Å². The molecule has 0 amide bonds. The summed E-state index contributed by atoms with van der Waals surface area (Å²) in [7, 11) is 3.11. The molecule has 140 valence electrons. The molecule has 1 aliphatic heterocycles. The molecule has 1 aromatic carbocycles. The summed E-state index contributed by atoms with van der Waals surface area (Å²) in [6.07, 6.45) is -2.92. The Kier molecular flexibility index (Phi) is 7.18. The molecule has 25 heavy (non-hydrogen) atoms. The molecule has 8 nitrogen and oxygen atoms in total. The molecule has 2 rings (SSSR count). The minimum atomic E-state index is -1.45. The summed E-state index contributed by atoms with van der Waals surface area (Å²) in [5.41, 5.74) is 0.857. The number of hydrogen-bond donors (Lipinski definition) is 4. The van der Waals surface area contributed by atoms with Crippen molar-refractivity contribution in [2.75, 3.05) is 27.4 Å². The molecule has 0 aliphatic carbocycles. The molecule has 4 N–H and O–H groups in total. The summed E-state index contributed by atoms with van der Waals surface area (Å²) in [5.74, 6) is 1.22. The number of rotatable bonds is 7. The summed E-state index contributed by atoms with van der Waals surface area (Å²) < 4.78 is 21.0. The van der Waals surface area contributed by atoms with E-state index in [4.69, 9.17) is 24.1 Å². The Morgan fingerprint density at radius 2 is 1.76 bits per heavy atom. The highest BCUT2D eigenvalue weighted by Gasteiger charge is 2.43. The lowest BCUT2D eigenvalue weighted by molar-refractivity contribution is -0.298. The first kappa shape index (κ1) is 19.6. The Labute approximate surface area is 145 Å². The SMILES string of the molecule is COc1ccc(/C=C/CO[C@@H]2O[C@H](CO)[C@@H](O)[C@H](O)[C@H]2O)cc1OC. The van der Waals surface area contributed by atoms with Crippen molar-refractivity contribution in [2.45, 2.75) is 30.7 Å². The average molecular weight is 356 g/mol. The third-order valence-corrected chi connectivity index (χ3v) is 3.92. The van der Waals surface area contributed by atoms with Crippen molar-refractivity contribution < 1.29 is 39.4 Å². The van der Waals surface area contributed by atoms with Crippen LogP contribution < -0.4 is 9.47 Å². The Morgan fingerprint density at radius 1 is 1.04 bits per heavy atom. The molecule has 1 aliphatic rings. The maximum Gasteiger partial charge on any atom is 0.187 e. The molecule has 0 unspecified atom stereocenters. The zero-order chi connectivity index (χ0) is 18.4. The van der Waals surface area contributed by atoms with E-state index in [0.29, 0.717) is 11.5 Å². The smallest absolute Gasteiger partial charge is 0.187 e. The van der Waals surface area contributed by atoms with Gasteiger partial charge in [-0.15, -0.1) is 0 Å². The van der Waals surface area contributed by atoms with E-state index in [1.165, 1.54) is 0 Å². The minimum absolute atomic E-state index is 0.0943. The highest BCUT2D eigenvalue weighted by atomic mass is 16.7. The molecule has 0 radical (unpaired) electrons. The molecule has 8 heteroatoms. The Balaban J connectivity index is 1.92. The van der Waals surface area contributed by atoms with E-state index in [2.05, 4.69) is 0 Å². The summed E-state index contributed by atoms with van der Waals surface area (Å²) in [4.78, 5) is 0. The van der Waals surface area contributed by atoms with Crippen LogP contribution in [0.5, 0.6) is 11.5 Å². The average Bonchev–Trinajstić information content (AvgIpc) is 2.64. The van der Waals surface area contributed by atoms with Gasteiger partial charge in [0.2, 0.25) is 0 Å². The maximum absolute atomic E-state index is 9.87. The minimum Gasteiger partial charge on any atom is -0.493 e. The van der Waals surface area contributed by atoms with Crippen molar-refractivity contribution in [1.82, 2.24) is 0 Å². The third kappa shape index (κ3) is 4.69. The molecule has 0 spiro atoms. The first-order valence-corrected chi connectivity index (χ1v) is 7.82. The lowest BCUT2D eigenvalue weighted by Gasteiger charge is -2.39. The molecule has 1 fully saturated rings. The predicted molar refractivity (Wildman–Crippen MR) is 88.3 cm³/mol. The van der Waals surface area contributed by atoms with Crippen LogP contribution in [0.15, 0.2) is 24.3 Å². The molecule has 0 bridgehead atoms. The first-order valence-electron chi connectivity index (χ1n) is 7.82. The van der Waals surface area contributed by atoms with Gasteiger partial charge in [0.15, 0.2) is 17.8 Å². The van der Waals surface area contributed by atoms with Crippen molar-refractivity contribution in [1.29, 1.82) is 0 Å². The van der Waals surface area contributed by atoms with Crippen molar-refractivity contribution in [3.63, 3.8) is 0 Å². The van der Waals surface area contributed by atoms with Gasteiger partial charge in [-0.3, -0.25) is 0 Å². The van der Waals surface area contributed by atoms with E-state index >= 15 is 0 Å². The van der Waals surface area contributed by atoms with Crippen LogP contribution in [0, 0.1) is 0 Å². The van der Waals surface area contributed by atoms with Gasteiger partial charge in [0, 0.05) is 0 Å². The summed E-state index contributed by atoms with van der Waals surface area (Å²) in [6.45, 7) is -0.399. The number of benzene rings is 1. The van der Waals surface area contributed by atoms with Gasteiger partial charge < -0.3 is 39.4 Å². The second kappa shape index (κ2) is 9.14. The van der Waals surface area contributed by atoms with Gasteiger partial charge in [0.05, 0.1) is 27.4 Å². The van der Waals surface area contributed by atoms with Gasteiger partial charge in [0.1, 0.15) is 24.4 Å². The molecular weight excluding hydrogens is 332 g/mol. The fraction of sp³-hybridized carbons (Fsp3) is 0.529. The van der Waals surface area contributed by atoms with Crippen molar-refractivity contribution in [2.24, 2.45) is 0 Å². The molecule has 1 saturated heterocycles. The first-order chi connectivity index (χ1) is 12.0. The molecule has 0 saturated carbocycles. The van der Waals surface area contributed by atoms with Crippen molar-refractivity contribution in [3.8, 4) is 11.5 Å². The number of methoxy groups -OCH3 is 2. The highest BCUT2D eigenvalue weighted by Crippen LogP contribution is 2.28. The fourth-order valence-corrected chi connectivity index (χ4v) is 2.50. The van der Waals surface area contributed by atoms with E-state index in [9.17, 15) is 15.3 Å². The van der Waals surface area contributed by atoms with E-state index < -0.39 is 37.3 Å². The van der Waals surface area contributed by atoms with E-state index in [1.54, 1.807) is 38.5 Å². The van der Waals surface area contributed by atoms with Gasteiger partial charge in [-0.2, -0.15) is 0 Å². The van der Waals surface area contributed by atoms with Gasteiger partial charge in [-0.1, -0.05) is 18.2 Å². The monoisotopic (exact) mass is 356 g/mol. The summed E-state index contributed by atoms with van der Waals surface area (Å²) in [6, 6.07) is 5.41. The van der Waals surface area contributed by atoms with E-state index in [1.807, 2.05) is 6.07 Å². The highest BCUT2D eigenvalue weighted by molar-refractivity contribution is 5.55. The third-order valence-electron chi connectivity index (χ3n) is 3.92. The quantitative estimate of drug-likeness (QED) is 0.518. The Hall–Kier alpha value is -1.68. The van der Waals surface area contributed by atoms with Gasteiger partial charge in [-0.25, -0.2) is 0 Å². The predicted octanol–water partition coefficient (Wildman–Crippen LogP) is -0.467. The van der Waals surface area contributed by atoms with Crippen molar-refractivity contribution in [3.05, 3.63) is 29.8 Å². The van der Waals surface area contributed by atoms with Gasteiger partial charge >= 0.3 is 0 Å². The maximum atomic E-state index is 9.87. The van der Waals surface area contributed by atoms with Crippen molar-refractivity contribution >= 4 is 6.08 Å². The van der Waals surface area contributed by atoms with Crippen LogP contribution in [-0.2, 0) is 9.47 Å². The zero-order valence-corrected chi connectivity index (χ0v) is 14.1. The largest absolute Gasteiger partial charge is 0.493 e. The van der Waals surface area contributed by atoms with Crippen LogP contribution in [0.1, 0.15) is 5.56 Å². The lowest BCUT2D eigenvalue weighted by atomic mass is 9.99. The molecule has 0 aromatic heterocycles. The number of aliphatic hydroxyl groups is 4. The van der Waals surface area contributed by atoms with Crippen LogP contribution in [0.25, 0.3) is 6.08 Å². The summed E-state index contributed by atoms with van der Waals surface area (Å²) >= 11 is 0. The van der Waals surface area contributed by atoms with Crippen LogP contribution in [-0.4, -0.2) is 78.6 Å². The number of aliphatic hydroxyl groups excluding tert-OH is 4. The van der Waals surface area contributed by atoms with Crippen LogP contribution >= 0.6 is 0 Å². The summed E-state index contributed by atoms with van der Waals surface area (Å²) in [5, 5.41) is 38.4. The normalized spacial score (nSPS) is 29.8. The second-order valence-corrected chi connectivity index (χ2v) is 5.55. The Morgan fingerprint density at radius 3 is 2.40 bits per heavy atom. The standard InChI is InChI=1S/C17H24O8/c1-22-11-6-5-10(8-12(11)23-2)4-3-7-24-17-16(21)15(20)14(19)13(9-18)25-17/h3-6,8,13-21H,7,9H2,1-2H3/b4-3+/t13-,14-,15+,16-,17-/m1/s1. The van der Waals surface area contributed by atoms with Crippen LogP contribution in [0.3, 0.4) is 0 Å². The zero-order valence-electron chi connectivity index (χ0n) is 14.1. The molecule has 5 atom stereocenters. The van der Waals surface area contributed by atoms with Crippen LogP contribution in [0.4, 0.5) is 0 Å². The second-order valence-electron chi connectivity index (χ2n) is 5.55. The fourth-order valence-electron chi connectivity index (χ4n) is 2.50. The topological polar surface area (TPSA) is 118 Å². The number of ether oxygens (including phenoxy) is 4. The van der Waals surface area contributed by atoms with Gasteiger partial charge in [0.25, 0.3) is 0 Å². The molecule has 1 heterocycles.